The number of carbonyl (C=O) groups is 7. The third kappa shape index (κ3) is 7.40. The van der Waals surface area contributed by atoms with Gasteiger partial charge in [-0.05, 0) is 37.5 Å². The lowest BCUT2D eigenvalue weighted by molar-refractivity contribution is -0.684. The van der Waals surface area contributed by atoms with Crippen LogP contribution in [0.2, 0.25) is 0 Å². The molecule has 68 heavy (non-hydrogen) atoms. The number of aliphatic hydroxyl groups excluding tert-OH is 1. The van der Waals surface area contributed by atoms with Crippen molar-refractivity contribution < 1.29 is 52.9 Å². The number of hydrogen-bond acceptors (Lipinski definition) is 13. The zero-order valence-electron chi connectivity index (χ0n) is 37.7. The van der Waals surface area contributed by atoms with Crippen LogP contribution < -0.4 is 25.7 Å². The molecule has 19 nitrogen and oxygen atoms in total. The van der Waals surface area contributed by atoms with E-state index < -0.39 is 41.8 Å². The van der Waals surface area contributed by atoms with Crippen molar-refractivity contribution in [2.75, 3.05) is 0 Å². The number of fused-ring (bicyclic) bond motifs is 4. The largest absolute Gasteiger partial charge is 0.543 e. The summed E-state index contributed by atoms with van der Waals surface area (Å²) in [6, 6.07) is 6.37. The van der Waals surface area contributed by atoms with E-state index in [0.29, 0.717) is 38.0 Å². The minimum Gasteiger partial charge on any atom is -0.543 e. The minimum atomic E-state index is -1.47. The van der Waals surface area contributed by atoms with Gasteiger partial charge in [-0.2, -0.15) is 9.13 Å². The van der Waals surface area contributed by atoms with Gasteiger partial charge in [-0.3, -0.25) is 37.6 Å². The van der Waals surface area contributed by atoms with Gasteiger partial charge in [0.2, 0.25) is 36.5 Å². The number of carbonyl (C=O) groups excluding carboxylic acids is 7. The molecule has 4 amide bonds. The predicted octanol–water partition coefficient (Wildman–Crippen LogP) is 0.981. The quantitative estimate of drug-likeness (QED) is 0.0835. The highest BCUT2D eigenvalue weighted by atomic mass is 32.1. The second kappa shape index (κ2) is 17.1. The van der Waals surface area contributed by atoms with E-state index in [1.807, 2.05) is 29.3 Å². The summed E-state index contributed by atoms with van der Waals surface area (Å²) in [5.74, 6) is -3.77. The van der Waals surface area contributed by atoms with Crippen LogP contribution >= 0.6 is 22.7 Å². The number of primary amides is 2. The molecule has 10 rings (SSSR count). The van der Waals surface area contributed by atoms with Crippen LogP contribution in [0.15, 0.2) is 85.5 Å². The van der Waals surface area contributed by atoms with Crippen molar-refractivity contribution in [2.24, 2.45) is 41.1 Å². The zero-order chi connectivity index (χ0) is 48.8. The molecular weight excluding hydrogens is 913 g/mol. The highest BCUT2D eigenvalue weighted by molar-refractivity contribution is 7.19. The number of rotatable bonds is 13. The lowest BCUT2D eigenvalue weighted by Crippen LogP contribution is -2.64. The maximum absolute atomic E-state index is 13.2. The van der Waals surface area contributed by atoms with E-state index in [9.17, 15) is 43.8 Å². The molecule has 7 atom stereocenters. The minimum absolute atomic E-state index is 0.00193. The van der Waals surface area contributed by atoms with Crippen LogP contribution in [-0.4, -0.2) is 93.0 Å². The van der Waals surface area contributed by atoms with Crippen molar-refractivity contribution in [3.05, 3.63) is 118 Å². The molecule has 10 heterocycles. The fraction of sp³-hybridized carbons (Fsp3) is 0.340. The van der Waals surface area contributed by atoms with Gasteiger partial charge in [-0.1, -0.05) is 27.7 Å². The first-order valence-electron chi connectivity index (χ1n) is 21.9. The van der Waals surface area contributed by atoms with Gasteiger partial charge < -0.3 is 36.3 Å². The van der Waals surface area contributed by atoms with Gasteiger partial charge in [-0.25, -0.2) is 9.97 Å². The lowest BCUT2D eigenvalue weighted by Gasteiger charge is -2.47. The van der Waals surface area contributed by atoms with Crippen molar-refractivity contribution in [1.29, 1.82) is 0 Å². The molecule has 4 aliphatic rings. The summed E-state index contributed by atoms with van der Waals surface area (Å²) >= 11 is 2.70. The van der Waals surface area contributed by atoms with Gasteiger partial charge in [-0.15, -0.1) is 22.7 Å². The van der Waals surface area contributed by atoms with Crippen LogP contribution in [0.3, 0.4) is 0 Å². The maximum Gasteiger partial charge on any atom is 0.283 e. The summed E-state index contributed by atoms with van der Waals surface area (Å²) in [4.78, 5) is 101. The molecule has 4 aliphatic heterocycles. The van der Waals surface area contributed by atoms with E-state index in [0.717, 1.165) is 15.4 Å². The molecule has 0 bridgehead atoms. The van der Waals surface area contributed by atoms with Crippen molar-refractivity contribution in [1.82, 2.24) is 28.6 Å². The van der Waals surface area contributed by atoms with Crippen LogP contribution in [0.5, 0.6) is 0 Å². The first-order chi connectivity index (χ1) is 32.3. The molecule has 0 aliphatic carbocycles. The number of pyridine rings is 2. The molecule has 6 aromatic rings. The topological polar surface area (TPSA) is 264 Å². The second-order valence-corrected chi connectivity index (χ2v) is 20.0. The molecule has 0 radical (unpaired) electrons. The molecule has 2 fully saturated rings. The van der Waals surface area contributed by atoms with Gasteiger partial charge in [0.25, 0.3) is 11.8 Å². The third-order valence-electron chi connectivity index (χ3n) is 13.3. The summed E-state index contributed by atoms with van der Waals surface area (Å²) in [6.07, 6.45) is 12.3. The SMILES string of the molecule is CC1=C(c2cn3cnc(C(=O)c4ccc[n+](CC(N)=O)c4)c3s2)[C@H](C)[C@@H]2[C@@H](C(C)C)C(=O)N12.C[C@@H](O)[C@H]1C(=O)N2C(C(=O)[O-])=C(c3cn4cnc(C(=O)c5ccc[n+](CC(N)=O)c5)c4s3)[C@H](C)[C@H]12. The Hall–Kier alpha value is -7.23. The Morgan fingerprint density at radius 1 is 0.750 bits per heavy atom. The normalized spacial score (nSPS) is 22.3. The van der Waals surface area contributed by atoms with Crippen LogP contribution in [0.1, 0.15) is 83.4 Å². The first kappa shape index (κ1) is 45.9. The van der Waals surface area contributed by atoms with Gasteiger partial charge in [0.15, 0.2) is 24.8 Å². The number of carboxylic acids is 1. The molecule has 0 aromatic carbocycles. The summed E-state index contributed by atoms with van der Waals surface area (Å²) in [5, 5.41) is 22.1. The molecule has 21 heteroatoms. The fourth-order valence-electron chi connectivity index (χ4n) is 10.4. The van der Waals surface area contributed by atoms with Crippen molar-refractivity contribution in [3.63, 3.8) is 0 Å². The Morgan fingerprint density at radius 3 is 1.66 bits per heavy atom. The predicted molar refractivity (Wildman–Crippen MR) is 242 cm³/mol. The van der Waals surface area contributed by atoms with Crippen molar-refractivity contribution in [2.45, 2.75) is 72.8 Å². The number of aliphatic carboxylic acids is 1. The summed E-state index contributed by atoms with van der Waals surface area (Å²) in [7, 11) is 0. The van der Waals surface area contributed by atoms with E-state index in [2.05, 4.69) is 30.7 Å². The molecule has 6 aromatic heterocycles. The number of imidazole rings is 2. The zero-order valence-corrected chi connectivity index (χ0v) is 39.4. The monoisotopic (exact) mass is 959 g/mol. The maximum atomic E-state index is 13.2. The second-order valence-electron chi connectivity index (χ2n) is 18.0. The molecule has 0 unspecified atom stereocenters. The fourth-order valence-corrected chi connectivity index (χ4v) is 12.8. The summed E-state index contributed by atoms with van der Waals surface area (Å²) in [5.41, 5.74) is 14.2. The highest BCUT2D eigenvalue weighted by Gasteiger charge is 2.59. The Morgan fingerprint density at radius 2 is 1.21 bits per heavy atom. The number of hydrogen-bond donors (Lipinski definition) is 3. The van der Waals surface area contributed by atoms with Crippen LogP contribution in [0.25, 0.3) is 20.8 Å². The smallest absolute Gasteiger partial charge is 0.283 e. The van der Waals surface area contributed by atoms with Crippen molar-refractivity contribution >= 4 is 84.6 Å². The number of carboxylic acid groups (broad SMARTS) is 1. The van der Waals surface area contributed by atoms with Crippen LogP contribution in [0.4, 0.5) is 0 Å². The number of ketones is 2. The number of allylic oxidation sites excluding steroid dienone is 1. The van der Waals surface area contributed by atoms with E-state index in [4.69, 9.17) is 11.5 Å². The first-order valence-corrected chi connectivity index (χ1v) is 23.5. The van der Waals surface area contributed by atoms with Gasteiger partial charge in [0.05, 0.1) is 62.6 Å². The van der Waals surface area contributed by atoms with E-state index in [1.54, 1.807) is 64.3 Å². The lowest BCUT2D eigenvalue weighted by atomic mass is 9.74. The molecular formula is C47H47N10O9S2+. The Balaban J connectivity index is 0.000000170. The highest BCUT2D eigenvalue weighted by Crippen LogP contribution is 2.53. The van der Waals surface area contributed by atoms with Gasteiger partial charge >= 0.3 is 0 Å². The van der Waals surface area contributed by atoms with E-state index in [-0.39, 0.29) is 65.7 Å². The van der Waals surface area contributed by atoms with E-state index >= 15 is 0 Å². The number of nitrogens with zero attached hydrogens (tertiary/aromatic N) is 8. The van der Waals surface area contributed by atoms with E-state index in [1.165, 1.54) is 57.2 Å². The van der Waals surface area contributed by atoms with Gasteiger partial charge in [0, 0.05) is 47.6 Å². The Labute approximate surface area is 396 Å². The number of β-lactam (4-membered cyclic amide) rings is 2. The third-order valence-corrected chi connectivity index (χ3v) is 15.6. The van der Waals surface area contributed by atoms with Crippen molar-refractivity contribution in [3.8, 4) is 0 Å². The number of aliphatic hydroxyl groups is 1. The molecule has 5 N–H and O–H groups in total. The average Bonchev–Trinajstić information content (AvgIpc) is 4.10. The van der Waals surface area contributed by atoms with Crippen LogP contribution in [-0.2, 0) is 37.1 Å². The molecule has 350 valence electrons. The number of thiazole rings is 2. The number of nitrogens with two attached hydrogens (primary N) is 2. The molecule has 0 spiro atoms. The number of aromatic nitrogens is 6. The van der Waals surface area contributed by atoms with Crippen LogP contribution in [0, 0.1) is 29.6 Å². The molecule has 2 saturated heterocycles. The summed E-state index contributed by atoms with van der Waals surface area (Å²) < 4.78 is 6.59. The number of amides is 4. The Bertz CT molecular complexity index is 3230. The Kier molecular flexibility index (Phi) is 11.6. The van der Waals surface area contributed by atoms with Gasteiger partial charge in [0.1, 0.15) is 33.7 Å². The molecule has 0 saturated carbocycles. The standard InChI is InChI=1S/C24H25N5O3S.C23H21N5O6S/c1-12(2)18-21-13(3)19(14(4)29(21)23(18)32)16-9-28-11-26-20(24(28)33-16)22(31)15-6-5-7-27(8-15)10-17(25)30;1-10-15(19(23(33)34)28-18(10)16(11(2)29)21(28)32)13-7-27-9-25-17(22(27)35-13)20(31)12-4-3-5-26(6-12)8-14(24)30/h5-9,11-13,18,21H,10H2,1-4H3,(H-,25,30);3-7,9-11,16,18,29H,8H2,1-2H3,(H2-,24,30,33,34)/p+1/t13-,18+,21+;10-,11+,16+,18+/m00/s1. The average molecular weight is 960 g/mol. The summed E-state index contributed by atoms with van der Waals surface area (Å²) in [6.45, 7) is 11.7.